The topological polar surface area (TPSA) is 0 Å². The van der Waals surface area contributed by atoms with Crippen molar-refractivity contribution in [3.8, 4) is 0 Å². The molecule has 2 heteroatoms. The average molecular weight is 120 g/mol. The zero-order valence-corrected chi connectivity index (χ0v) is 6.76. The van der Waals surface area contributed by atoms with Gasteiger partial charge in [0, 0.05) is 0 Å². The maximum absolute atomic E-state index is 2.33. The molecule has 0 aliphatic carbocycles. The van der Waals surface area contributed by atoms with Gasteiger partial charge in [0.15, 0.2) is 0 Å². The Morgan fingerprint density at radius 2 is 2.33 bits per heavy atom. The molecular weight excluding hydrogens is 108 g/mol. The molecular formula is C4H12SSi. The Kier molecular flexibility index (Phi) is 6.09. The molecule has 0 fully saturated rings. The van der Waals surface area contributed by atoms with Gasteiger partial charge in [-0.2, -0.15) is 11.2 Å². The highest BCUT2D eigenvalue weighted by Gasteiger charge is 1.75. The van der Waals surface area contributed by atoms with E-state index >= 15 is 0 Å². The van der Waals surface area contributed by atoms with Crippen molar-refractivity contribution in [1.29, 1.82) is 0 Å². The number of hydrogen-bond acceptors (Lipinski definition) is 1. The van der Waals surface area contributed by atoms with Crippen LogP contribution in [-0.2, 0) is 0 Å². The summed E-state index contributed by atoms with van der Waals surface area (Å²) in [7, 11) is 0.320. The molecule has 0 aromatic heterocycles. The summed E-state index contributed by atoms with van der Waals surface area (Å²) < 4.78 is 0. The Balaban J connectivity index is 2.34. The van der Waals surface area contributed by atoms with Crippen LogP contribution in [0.25, 0.3) is 0 Å². The Hall–Kier alpha value is 0.567. The van der Waals surface area contributed by atoms with Gasteiger partial charge >= 0.3 is 0 Å². The standard InChI is InChI=1S/C4H12SSi/c1-3-4-5-6-2/h3-4,6H2,1-2H3. The number of rotatable bonds is 3. The van der Waals surface area contributed by atoms with Crippen LogP contribution in [0.3, 0.4) is 0 Å². The van der Waals surface area contributed by atoms with Gasteiger partial charge in [0.05, 0.1) is 8.67 Å². The van der Waals surface area contributed by atoms with E-state index in [0.717, 1.165) is 0 Å². The van der Waals surface area contributed by atoms with Crippen LogP contribution in [0.1, 0.15) is 13.3 Å². The van der Waals surface area contributed by atoms with E-state index in [9.17, 15) is 0 Å². The third-order valence-electron chi connectivity index (χ3n) is 0.553. The van der Waals surface area contributed by atoms with Crippen molar-refractivity contribution < 1.29 is 0 Å². The molecule has 0 rings (SSSR count). The van der Waals surface area contributed by atoms with Gasteiger partial charge < -0.3 is 0 Å². The van der Waals surface area contributed by atoms with Crippen LogP contribution in [0.4, 0.5) is 0 Å². The lowest BCUT2D eigenvalue weighted by Gasteiger charge is -1.86. The van der Waals surface area contributed by atoms with E-state index in [2.05, 4.69) is 24.7 Å². The van der Waals surface area contributed by atoms with Gasteiger partial charge in [-0.15, -0.1) is 0 Å². The molecule has 0 N–H and O–H groups in total. The Labute approximate surface area is 46.2 Å². The zero-order valence-electron chi connectivity index (χ0n) is 4.53. The maximum Gasteiger partial charge on any atom is 0.0823 e. The summed E-state index contributed by atoms with van der Waals surface area (Å²) in [5.41, 5.74) is 0. The molecule has 0 amide bonds. The molecule has 6 heavy (non-hydrogen) atoms. The molecule has 38 valence electrons. The SMILES string of the molecule is CCCS[SiH2]C. The minimum atomic E-state index is 0.320. The van der Waals surface area contributed by atoms with E-state index < -0.39 is 0 Å². The van der Waals surface area contributed by atoms with Gasteiger partial charge in [-0.3, -0.25) is 0 Å². The van der Waals surface area contributed by atoms with Gasteiger partial charge in [0.2, 0.25) is 0 Å². The third-order valence-corrected chi connectivity index (χ3v) is 3.75. The highest BCUT2D eigenvalue weighted by atomic mass is 32.4. The van der Waals surface area contributed by atoms with Crippen LogP contribution in [0, 0.1) is 0 Å². The van der Waals surface area contributed by atoms with Crippen LogP contribution >= 0.6 is 11.2 Å². The molecule has 0 saturated heterocycles. The second-order valence-electron chi connectivity index (χ2n) is 1.20. The van der Waals surface area contributed by atoms with Gasteiger partial charge in [0.25, 0.3) is 0 Å². The Bertz CT molecular complexity index is 19.5. The molecule has 0 unspecified atom stereocenters. The summed E-state index contributed by atoms with van der Waals surface area (Å²) in [5, 5.41) is 0. The summed E-state index contributed by atoms with van der Waals surface area (Å²) in [5.74, 6) is 1.39. The van der Waals surface area contributed by atoms with Crippen LogP contribution < -0.4 is 0 Å². The fourth-order valence-electron chi connectivity index (χ4n) is 0.289. The molecule has 0 aromatic rings. The van der Waals surface area contributed by atoms with Gasteiger partial charge in [-0.25, -0.2) is 0 Å². The van der Waals surface area contributed by atoms with Crippen molar-refractivity contribution in [1.82, 2.24) is 0 Å². The van der Waals surface area contributed by atoms with Crippen LogP contribution in [-0.4, -0.2) is 14.4 Å². The molecule has 0 aliphatic heterocycles. The van der Waals surface area contributed by atoms with E-state index in [1.54, 1.807) is 0 Å². The summed E-state index contributed by atoms with van der Waals surface area (Å²) in [6, 6.07) is 0. The lowest BCUT2D eigenvalue weighted by Crippen LogP contribution is -1.75. The van der Waals surface area contributed by atoms with Crippen LogP contribution in [0.2, 0.25) is 6.55 Å². The van der Waals surface area contributed by atoms with Crippen molar-refractivity contribution in [3.05, 3.63) is 0 Å². The first-order chi connectivity index (χ1) is 2.91. The molecule has 0 aliphatic rings. The molecule has 0 heterocycles. The van der Waals surface area contributed by atoms with Crippen molar-refractivity contribution in [2.24, 2.45) is 0 Å². The maximum atomic E-state index is 2.33. The molecule has 0 saturated carbocycles. The lowest BCUT2D eigenvalue weighted by molar-refractivity contribution is 1.11. The summed E-state index contributed by atoms with van der Waals surface area (Å²) >= 11 is 2.15. The van der Waals surface area contributed by atoms with Crippen LogP contribution in [0.15, 0.2) is 0 Å². The molecule has 0 nitrogen and oxygen atoms in total. The predicted molar refractivity (Wildman–Crippen MR) is 37.2 cm³/mol. The second-order valence-corrected chi connectivity index (χ2v) is 5.55. The first-order valence-corrected chi connectivity index (χ1v) is 6.79. The summed E-state index contributed by atoms with van der Waals surface area (Å²) in [6.45, 7) is 4.57. The fourth-order valence-corrected chi connectivity index (χ4v) is 2.60. The van der Waals surface area contributed by atoms with Gasteiger partial charge in [-0.05, 0) is 12.2 Å². The van der Waals surface area contributed by atoms with Crippen molar-refractivity contribution in [2.45, 2.75) is 19.9 Å². The highest BCUT2D eigenvalue weighted by molar-refractivity contribution is 8.22. The third kappa shape index (κ3) is 4.57. The molecule has 0 bridgehead atoms. The van der Waals surface area contributed by atoms with E-state index in [1.165, 1.54) is 12.2 Å². The van der Waals surface area contributed by atoms with Crippen molar-refractivity contribution in [3.63, 3.8) is 0 Å². The normalized spacial score (nSPS) is 11.0. The highest BCUT2D eigenvalue weighted by Crippen LogP contribution is 1.96. The largest absolute Gasteiger partial charge is 0.194 e. The van der Waals surface area contributed by atoms with E-state index in [-0.39, 0.29) is 0 Å². The first-order valence-electron chi connectivity index (χ1n) is 2.49. The van der Waals surface area contributed by atoms with E-state index in [0.29, 0.717) is 8.67 Å². The fraction of sp³-hybridized carbons (Fsp3) is 1.00. The summed E-state index contributed by atoms with van der Waals surface area (Å²) in [4.78, 5) is 0. The first kappa shape index (κ1) is 6.57. The second kappa shape index (κ2) is 5.57. The minimum absolute atomic E-state index is 0.320. The molecule has 0 spiro atoms. The Morgan fingerprint density at radius 1 is 1.67 bits per heavy atom. The Morgan fingerprint density at radius 3 is 2.50 bits per heavy atom. The summed E-state index contributed by atoms with van der Waals surface area (Å²) in [6.07, 6.45) is 1.35. The minimum Gasteiger partial charge on any atom is -0.194 e. The lowest BCUT2D eigenvalue weighted by atomic mass is 10.6. The molecule has 0 radical (unpaired) electrons. The molecule has 0 aromatic carbocycles. The predicted octanol–water partition coefficient (Wildman–Crippen LogP) is 1.26. The zero-order chi connectivity index (χ0) is 4.83. The molecule has 0 atom stereocenters. The number of hydrogen-bond donors (Lipinski definition) is 0. The monoisotopic (exact) mass is 120 g/mol. The van der Waals surface area contributed by atoms with E-state index in [1.807, 2.05) is 0 Å². The van der Waals surface area contributed by atoms with E-state index in [4.69, 9.17) is 0 Å². The quantitative estimate of drug-likeness (QED) is 0.399. The average Bonchev–Trinajstić information content (AvgIpc) is 1.61. The van der Waals surface area contributed by atoms with Gasteiger partial charge in [-0.1, -0.05) is 13.5 Å². The van der Waals surface area contributed by atoms with Crippen LogP contribution in [0.5, 0.6) is 0 Å². The van der Waals surface area contributed by atoms with Gasteiger partial charge in [0.1, 0.15) is 0 Å². The van der Waals surface area contributed by atoms with Crippen molar-refractivity contribution >= 4 is 19.9 Å². The smallest absolute Gasteiger partial charge is 0.0823 e. The van der Waals surface area contributed by atoms with Crippen molar-refractivity contribution in [2.75, 3.05) is 5.75 Å².